The highest BCUT2D eigenvalue weighted by Crippen LogP contribution is 2.35. The summed E-state index contributed by atoms with van der Waals surface area (Å²) in [5, 5.41) is 3.70. The predicted octanol–water partition coefficient (Wildman–Crippen LogP) is 0.865. The van der Waals surface area contributed by atoms with E-state index in [1.165, 1.54) is 24.4 Å². The minimum atomic E-state index is 0.123. The van der Waals surface area contributed by atoms with Crippen molar-refractivity contribution in [3.63, 3.8) is 0 Å². The smallest absolute Gasteiger partial charge is 0.0926 e. The molecule has 3 rings (SSSR count). The molecular formula is C12H20N4. The van der Waals surface area contributed by atoms with Crippen LogP contribution in [0.2, 0.25) is 0 Å². The van der Waals surface area contributed by atoms with Crippen molar-refractivity contribution in [3.8, 4) is 0 Å². The van der Waals surface area contributed by atoms with E-state index in [1.54, 1.807) is 0 Å². The largest absolute Gasteiger partial charge is 0.348 e. The van der Waals surface area contributed by atoms with Gasteiger partial charge in [0.25, 0.3) is 0 Å². The fourth-order valence-electron chi connectivity index (χ4n) is 3.05. The van der Waals surface area contributed by atoms with Crippen LogP contribution < -0.4 is 5.32 Å². The van der Waals surface area contributed by atoms with Crippen LogP contribution in [0, 0.1) is 0 Å². The maximum atomic E-state index is 4.54. The summed E-state index contributed by atoms with van der Waals surface area (Å²) in [6, 6.07) is 0.630. The quantitative estimate of drug-likeness (QED) is 0.738. The molecule has 0 saturated carbocycles. The Kier molecular flexibility index (Phi) is 2.30. The van der Waals surface area contributed by atoms with Crippen molar-refractivity contribution in [2.45, 2.75) is 38.3 Å². The van der Waals surface area contributed by atoms with Crippen LogP contribution in [-0.2, 0) is 12.0 Å². The lowest BCUT2D eigenvalue weighted by atomic mass is 9.88. The number of aromatic amines is 1. The van der Waals surface area contributed by atoms with Crippen LogP contribution in [0.5, 0.6) is 0 Å². The molecule has 0 aromatic carbocycles. The molecule has 0 radical (unpaired) electrons. The van der Waals surface area contributed by atoms with Crippen molar-refractivity contribution in [2.75, 3.05) is 19.6 Å². The number of nitrogens with one attached hydrogen (secondary N) is 2. The Bertz CT molecular complexity index is 384. The highest BCUT2D eigenvalue weighted by atomic mass is 15.2. The zero-order valence-corrected chi connectivity index (χ0v) is 10.1. The Hall–Kier alpha value is -0.870. The van der Waals surface area contributed by atoms with Crippen molar-refractivity contribution < 1.29 is 0 Å². The normalized spacial score (nSPS) is 30.2. The zero-order chi connectivity index (χ0) is 11.2. The highest BCUT2D eigenvalue weighted by Gasteiger charge is 2.44. The van der Waals surface area contributed by atoms with Gasteiger partial charge in [0.05, 0.1) is 17.6 Å². The van der Waals surface area contributed by atoms with Crippen molar-refractivity contribution in [1.82, 2.24) is 20.2 Å². The maximum Gasteiger partial charge on any atom is 0.0926 e. The van der Waals surface area contributed by atoms with Crippen LogP contribution in [0.1, 0.15) is 31.7 Å². The summed E-state index contributed by atoms with van der Waals surface area (Å²) in [6.45, 7) is 7.89. The lowest BCUT2D eigenvalue weighted by Crippen LogP contribution is -2.50. The lowest BCUT2D eigenvalue weighted by Gasteiger charge is -2.34. The van der Waals surface area contributed by atoms with E-state index in [0.717, 1.165) is 19.5 Å². The summed E-state index contributed by atoms with van der Waals surface area (Å²) in [4.78, 5) is 10.4. The maximum absolute atomic E-state index is 4.54. The monoisotopic (exact) mass is 220 g/mol. The van der Waals surface area contributed by atoms with E-state index in [4.69, 9.17) is 0 Å². The molecule has 1 unspecified atom stereocenters. The molecule has 2 aliphatic rings. The molecule has 1 aromatic heterocycles. The molecule has 3 heterocycles. The summed E-state index contributed by atoms with van der Waals surface area (Å²) in [7, 11) is 0. The summed E-state index contributed by atoms with van der Waals surface area (Å²) in [5.41, 5.74) is 2.73. The fraction of sp³-hybridized carbons (Fsp3) is 0.750. The number of hydrogen-bond acceptors (Lipinski definition) is 3. The van der Waals surface area contributed by atoms with E-state index in [9.17, 15) is 0 Å². The minimum absolute atomic E-state index is 0.123. The third-order valence-electron chi connectivity index (χ3n) is 4.04. The third-order valence-corrected chi connectivity index (χ3v) is 4.04. The van der Waals surface area contributed by atoms with Gasteiger partial charge in [-0.05, 0) is 20.3 Å². The molecule has 0 amide bonds. The molecule has 4 heteroatoms. The number of H-pyrrole nitrogens is 1. The van der Waals surface area contributed by atoms with Crippen LogP contribution in [0.4, 0.5) is 0 Å². The van der Waals surface area contributed by atoms with Gasteiger partial charge >= 0.3 is 0 Å². The first kappa shape index (κ1) is 10.3. The molecule has 1 saturated heterocycles. The van der Waals surface area contributed by atoms with Gasteiger partial charge in [-0.1, -0.05) is 0 Å². The van der Waals surface area contributed by atoms with E-state index in [-0.39, 0.29) is 5.54 Å². The number of nitrogens with zero attached hydrogens (tertiary/aromatic N) is 2. The number of aromatic nitrogens is 2. The van der Waals surface area contributed by atoms with Crippen molar-refractivity contribution in [3.05, 3.63) is 17.7 Å². The highest BCUT2D eigenvalue weighted by molar-refractivity contribution is 5.27. The molecule has 1 atom stereocenters. The van der Waals surface area contributed by atoms with Gasteiger partial charge < -0.3 is 10.3 Å². The molecule has 1 spiro atoms. The van der Waals surface area contributed by atoms with E-state index in [0.29, 0.717) is 6.04 Å². The van der Waals surface area contributed by atoms with Gasteiger partial charge in [-0.15, -0.1) is 0 Å². The van der Waals surface area contributed by atoms with E-state index in [1.807, 2.05) is 6.33 Å². The average Bonchev–Trinajstić information content (AvgIpc) is 2.86. The van der Waals surface area contributed by atoms with E-state index < -0.39 is 0 Å². The average molecular weight is 220 g/mol. The molecule has 2 aliphatic heterocycles. The SMILES string of the molecule is CC(C)N1CCC2(C1)NCCc1[nH]cnc12. The Morgan fingerprint density at radius 3 is 3.12 bits per heavy atom. The predicted molar refractivity (Wildman–Crippen MR) is 63.3 cm³/mol. The van der Waals surface area contributed by atoms with E-state index in [2.05, 4.69) is 34.0 Å². The van der Waals surface area contributed by atoms with Crippen molar-refractivity contribution in [1.29, 1.82) is 0 Å². The van der Waals surface area contributed by atoms with Gasteiger partial charge in [0, 0.05) is 37.8 Å². The van der Waals surface area contributed by atoms with Gasteiger partial charge in [0.2, 0.25) is 0 Å². The number of imidazole rings is 1. The van der Waals surface area contributed by atoms with Crippen molar-refractivity contribution in [2.24, 2.45) is 0 Å². The molecular weight excluding hydrogens is 200 g/mol. The Labute approximate surface area is 96.4 Å². The first-order valence-electron chi connectivity index (χ1n) is 6.23. The standard InChI is InChI=1S/C12H20N4/c1-9(2)16-6-4-12(7-16)11-10(3-5-15-12)13-8-14-11/h8-9,15H,3-7H2,1-2H3,(H,13,14). The van der Waals surface area contributed by atoms with Gasteiger partial charge in [-0.25, -0.2) is 4.98 Å². The van der Waals surface area contributed by atoms with Gasteiger partial charge in [-0.3, -0.25) is 4.90 Å². The number of likely N-dealkylation sites (tertiary alicyclic amines) is 1. The lowest BCUT2D eigenvalue weighted by molar-refractivity contribution is 0.233. The van der Waals surface area contributed by atoms with Gasteiger partial charge in [-0.2, -0.15) is 0 Å². The van der Waals surface area contributed by atoms with Crippen LogP contribution in [0.15, 0.2) is 6.33 Å². The summed E-state index contributed by atoms with van der Waals surface area (Å²) in [6.07, 6.45) is 4.11. The first-order chi connectivity index (χ1) is 7.71. The summed E-state index contributed by atoms with van der Waals surface area (Å²) >= 11 is 0. The topological polar surface area (TPSA) is 44.0 Å². The second-order valence-corrected chi connectivity index (χ2v) is 5.30. The molecule has 16 heavy (non-hydrogen) atoms. The molecule has 0 aliphatic carbocycles. The van der Waals surface area contributed by atoms with Gasteiger partial charge in [0.15, 0.2) is 0 Å². The van der Waals surface area contributed by atoms with E-state index >= 15 is 0 Å². The van der Waals surface area contributed by atoms with Crippen LogP contribution in [-0.4, -0.2) is 40.5 Å². The molecule has 1 aromatic rings. The second kappa shape index (κ2) is 3.57. The Morgan fingerprint density at radius 2 is 2.38 bits per heavy atom. The number of rotatable bonds is 1. The number of hydrogen-bond donors (Lipinski definition) is 2. The first-order valence-corrected chi connectivity index (χ1v) is 6.23. The summed E-state index contributed by atoms with van der Waals surface area (Å²) in [5.74, 6) is 0. The van der Waals surface area contributed by atoms with Crippen LogP contribution in [0.25, 0.3) is 0 Å². The molecule has 1 fully saturated rings. The molecule has 0 bridgehead atoms. The third kappa shape index (κ3) is 1.40. The minimum Gasteiger partial charge on any atom is -0.348 e. The summed E-state index contributed by atoms with van der Waals surface area (Å²) < 4.78 is 0. The van der Waals surface area contributed by atoms with Crippen molar-refractivity contribution >= 4 is 0 Å². The molecule has 2 N–H and O–H groups in total. The zero-order valence-electron chi connectivity index (χ0n) is 10.1. The Balaban J connectivity index is 1.92. The van der Waals surface area contributed by atoms with Crippen LogP contribution in [0.3, 0.4) is 0 Å². The second-order valence-electron chi connectivity index (χ2n) is 5.30. The van der Waals surface area contributed by atoms with Gasteiger partial charge in [0.1, 0.15) is 0 Å². The molecule has 4 nitrogen and oxygen atoms in total. The van der Waals surface area contributed by atoms with Crippen LogP contribution >= 0.6 is 0 Å². The molecule has 88 valence electrons. The number of fused-ring (bicyclic) bond motifs is 2. The Morgan fingerprint density at radius 1 is 1.50 bits per heavy atom. The fourth-order valence-corrected chi connectivity index (χ4v) is 3.05.